The molecule has 1 aliphatic rings. The van der Waals surface area contributed by atoms with Gasteiger partial charge in [0.2, 0.25) is 6.23 Å². The van der Waals surface area contributed by atoms with E-state index in [0.717, 1.165) is 24.3 Å². The number of alkyl halides is 6. The van der Waals surface area contributed by atoms with Gasteiger partial charge in [-0.2, -0.15) is 36.9 Å². The second kappa shape index (κ2) is 8.57. The van der Waals surface area contributed by atoms with E-state index in [1.807, 2.05) is 0 Å². The lowest BCUT2D eigenvalue weighted by Gasteiger charge is -2.27. The molecule has 3 rings (SSSR count). The summed E-state index contributed by atoms with van der Waals surface area (Å²) >= 11 is 0. The van der Waals surface area contributed by atoms with E-state index in [2.05, 4.69) is 0 Å². The summed E-state index contributed by atoms with van der Waals surface area (Å²) in [4.78, 5) is 0.236. The molecule has 0 spiro atoms. The quantitative estimate of drug-likeness (QED) is 0.603. The van der Waals surface area contributed by atoms with Crippen LogP contribution in [-0.2, 0) is 20.8 Å². The van der Waals surface area contributed by atoms with Gasteiger partial charge in [-0.25, -0.2) is 8.42 Å². The number of ether oxygens (including phenoxy) is 1. The zero-order valence-corrected chi connectivity index (χ0v) is 17.2. The SMILES string of the molecule is N#Cc1ccc(S(=O)(=O)CC2CN(c3ccc(C#N)c(C(F)(F)F)c3)C(C(F)(F)F)O2)cc1. The van der Waals surface area contributed by atoms with E-state index in [-0.39, 0.29) is 10.5 Å². The normalized spacial score (nSPS) is 19.2. The molecule has 1 heterocycles. The van der Waals surface area contributed by atoms with Crippen LogP contribution in [0.25, 0.3) is 0 Å². The van der Waals surface area contributed by atoms with Crippen molar-refractivity contribution in [1.82, 2.24) is 0 Å². The average Bonchev–Trinajstić information content (AvgIpc) is 3.16. The summed E-state index contributed by atoms with van der Waals surface area (Å²) in [6.07, 6.45) is -14.2. The van der Waals surface area contributed by atoms with Gasteiger partial charge in [0, 0.05) is 12.2 Å². The third kappa shape index (κ3) is 5.21. The lowest BCUT2D eigenvalue weighted by molar-refractivity contribution is -0.212. The number of hydrogen-bond acceptors (Lipinski definition) is 6. The van der Waals surface area contributed by atoms with Crippen molar-refractivity contribution in [1.29, 1.82) is 10.5 Å². The Morgan fingerprint density at radius 3 is 2.15 bits per heavy atom. The Bertz CT molecular complexity index is 1230. The van der Waals surface area contributed by atoms with E-state index in [0.29, 0.717) is 11.0 Å². The summed E-state index contributed by atoms with van der Waals surface area (Å²) in [6, 6.07) is 9.88. The zero-order valence-electron chi connectivity index (χ0n) is 16.4. The molecule has 174 valence electrons. The Kier molecular flexibility index (Phi) is 6.33. The third-order valence-electron chi connectivity index (χ3n) is 4.79. The molecule has 0 bridgehead atoms. The van der Waals surface area contributed by atoms with Crippen LogP contribution in [0, 0.1) is 22.7 Å². The summed E-state index contributed by atoms with van der Waals surface area (Å²) in [5, 5.41) is 17.7. The summed E-state index contributed by atoms with van der Waals surface area (Å²) in [5.41, 5.74) is -2.54. The molecule has 2 aromatic rings. The Labute approximate surface area is 184 Å². The van der Waals surface area contributed by atoms with E-state index in [1.54, 1.807) is 6.07 Å². The maximum Gasteiger partial charge on any atom is 0.433 e. The van der Waals surface area contributed by atoms with Crippen molar-refractivity contribution in [2.45, 2.75) is 29.6 Å². The fourth-order valence-electron chi connectivity index (χ4n) is 3.32. The van der Waals surface area contributed by atoms with E-state index in [9.17, 15) is 34.8 Å². The first-order valence-electron chi connectivity index (χ1n) is 9.09. The van der Waals surface area contributed by atoms with Crippen LogP contribution in [-0.4, -0.2) is 39.2 Å². The minimum absolute atomic E-state index is 0.177. The molecule has 2 aromatic carbocycles. The fraction of sp³-hybridized carbons (Fsp3) is 0.300. The van der Waals surface area contributed by atoms with Crippen molar-refractivity contribution in [2.24, 2.45) is 0 Å². The average molecular weight is 489 g/mol. The Balaban J connectivity index is 1.93. The van der Waals surface area contributed by atoms with E-state index >= 15 is 0 Å². The number of benzene rings is 2. The van der Waals surface area contributed by atoms with Gasteiger partial charge in [-0.1, -0.05) is 0 Å². The van der Waals surface area contributed by atoms with E-state index in [4.69, 9.17) is 15.3 Å². The molecule has 0 aliphatic carbocycles. The number of nitrogens with zero attached hydrogens (tertiary/aromatic N) is 3. The fourth-order valence-corrected chi connectivity index (χ4v) is 4.74. The number of anilines is 1. The lowest BCUT2D eigenvalue weighted by atomic mass is 10.1. The molecule has 2 atom stereocenters. The van der Waals surface area contributed by atoms with Crippen LogP contribution in [0.2, 0.25) is 0 Å². The highest BCUT2D eigenvalue weighted by Crippen LogP contribution is 2.39. The molecule has 1 saturated heterocycles. The van der Waals surface area contributed by atoms with Crippen molar-refractivity contribution in [3.8, 4) is 12.1 Å². The molecule has 6 nitrogen and oxygen atoms in total. The Hall–Kier alpha value is -3.29. The molecule has 0 N–H and O–H groups in total. The van der Waals surface area contributed by atoms with Crippen LogP contribution in [0.5, 0.6) is 0 Å². The van der Waals surface area contributed by atoms with Gasteiger partial charge >= 0.3 is 12.4 Å². The Morgan fingerprint density at radius 2 is 1.64 bits per heavy atom. The summed E-state index contributed by atoms with van der Waals surface area (Å²) in [6.45, 7) is -0.664. The Morgan fingerprint density at radius 1 is 1.00 bits per heavy atom. The first-order chi connectivity index (χ1) is 15.3. The molecular weight excluding hydrogens is 476 g/mol. The van der Waals surface area contributed by atoms with E-state index < -0.39 is 63.6 Å². The zero-order chi connectivity index (χ0) is 24.6. The lowest BCUT2D eigenvalue weighted by Crippen LogP contribution is -2.42. The molecule has 0 saturated carbocycles. The third-order valence-corrected chi connectivity index (χ3v) is 6.59. The van der Waals surface area contributed by atoms with Crippen LogP contribution in [0.4, 0.5) is 32.0 Å². The molecule has 0 amide bonds. The topological polar surface area (TPSA) is 94.2 Å². The highest BCUT2D eigenvalue weighted by Gasteiger charge is 2.51. The maximum absolute atomic E-state index is 13.6. The number of hydrogen-bond donors (Lipinski definition) is 0. The van der Waals surface area contributed by atoms with Gasteiger partial charge in [0.15, 0.2) is 9.84 Å². The van der Waals surface area contributed by atoms with Crippen LogP contribution < -0.4 is 4.90 Å². The number of nitriles is 2. The first kappa shape index (κ1) is 24.4. The van der Waals surface area contributed by atoms with Crippen molar-refractivity contribution in [3.05, 3.63) is 59.2 Å². The molecule has 0 aromatic heterocycles. The number of rotatable bonds is 4. The van der Waals surface area contributed by atoms with Crippen LogP contribution in [0.1, 0.15) is 16.7 Å². The molecular formula is C20H13F6N3O3S. The minimum atomic E-state index is -5.04. The van der Waals surface area contributed by atoms with Crippen LogP contribution >= 0.6 is 0 Å². The van der Waals surface area contributed by atoms with Gasteiger partial charge in [-0.3, -0.25) is 0 Å². The molecule has 33 heavy (non-hydrogen) atoms. The van der Waals surface area contributed by atoms with Crippen molar-refractivity contribution in [3.63, 3.8) is 0 Å². The molecule has 13 heteroatoms. The highest BCUT2D eigenvalue weighted by atomic mass is 32.2. The molecule has 0 radical (unpaired) electrons. The second-order valence-electron chi connectivity index (χ2n) is 7.06. The molecule has 1 fully saturated rings. The van der Waals surface area contributed by atoms with Crippen molar-refractivity contribution >= 4 is 15.5 Å². The molecule has 1 aliphatic heterocycles. The monoisotopic (exact) mass is 489 g/mol. The number of halogens is 6. The van der Waals surface area contributed by atoms with Gasteiger partial charge in [-0.05, 0) is 42.5 Å². The van der Waals surface area contributed by atoms with Gasteiger partial charge < -0.3 is 9.64 Å². The predicted octanol–water partition coefficient (Wildman–Crippen LogP) is 4.02. The largest absolute Gasteiger partial charge is 0.433 e. The van der Waals surface area contributed by atoms with Crippen molar-refractivity contribution in [2.75, 3.05) is 17.2 Å². The van der Waals surface area contributed by atoms with Gasteiger partial charge in [-0.15, -0.1) is 0 Å². The van der Waals surface area contributed by atoms with Crippen molar-refractivity contribution < 1.29 is 39.5 Å². The smallest absolute Gasteiger partial charge is 0.343 e. The first-order valence-corrected chi connectivity index (χ1v) is 10.7. The van der Waals surface area contributed by atoms with Crippen LogP contribution in [0.3, 0.4) is 0 Å². The minimum Gasteiger partial charge on any atom is -0.343 e. The molecule has 2 unspecified atom stereocenters. The maximum atomic E-state index is 13.6. The summed E-state index contributed by atoms with van der Waals surface area (Å²) < 4.78 is 111. The van der Waals surface area contributed by atoms with E-state index in [1.165, 1.54) is 18.2 Å². The number of sulfone groups is 1. The van der Waals surface area contributed by atoms with Gasteiger partial charge in [0.05, 0.1) is 45.6 Å². The van der Waals surface area contributed by atoms with Gasteiger partial charge in [0.1, 0.15) is 0 Å². The highest BCUT2D eigenvalue weighted by molar-refractivity contribution is 7.91. The summed E-state index contributed by atoms with van der Waals surface area (Å²) in [7, 11) is -4.14. The summed E-state index contributed by atoms with van der Waals surface area (Å²) in [5.74, 6) is -0.871. The van der Waals surface area contributed by atoms with Crippen LogP contribution in [0.15, 0.2) is 47.4 Å². The standard InChI is InChI=1S/C20H13F6N3O3S/c21-19(22,23)17-7-14(4-3-13(17)9-28)29-10-15(32-18(29)20(24,25)26)11-33(30,31)16-5-1-12(8-27)2-6-16/h1-7,15,18H,10-11H2. The van der Waals surface area contributed by atoms with Gasteiger partial charge in [0.25, 0.3) is 0 Å². The second-order valence-corrected chi connectivity index (χ2v) is 9.10. The predicted molar refractivity (Wildman–Crippen MR) is 101 cm³/mol.